The van der Waals surface area contributed by atoms with Crippen LogP contribution in [0.2, 0.25) is 0 Å². The third kappa shape index (κ3) is 14.7. The molecule has 5 N–H and O–H groups in total. The molecular formula is C36H46N4O7. The van der Waals surface area contributed by atoms with Gasteiger partial charge in [0.15, 0.2) is 0 Å². The van der Waals surface area contributed by atoms with Crippen molar-refractivity contribution in [2.45, 2.75) is 77.7 Å². The first-order chi connectivity index (χ1) is 22.5. The van der Waals surface area contributed by atoms with Crippen LogP contribution in [0.4, 0.5) is 4.79 Å². The fourth-order valence-corrected chi connectivity index (χ4v) is 4.48. The highest BCUT2D eigenvalue weighted by Crippen LogP contribution is 2.27. The molecule has 0 saturated heterocycles. The van der Waals surface area contributed by atoms with E-state index in [0.717, 1.165) is 17.5 Å². The second-order valence-electron chi connectivity index (χ2n) is 12.1. The molecule has 0 spiro atoms. The molecule has 3 aromatic rings. The molecular weight excluding hydrogens is 600 g/mol. The van der Waals surface area contributed by atoms with E-state index in [2.05, 4.69) is 16.0 Å². The maximum absolute atomic E-state index is 13.1. The number of hydrogen-bond acceptors (Lipinski definition) is 7. The van der Waals surface area contributed by atoms with Crippen LogP contribution in [-0.4, -0.2) is 48.5 Å². The number of carbonyl (C=O) groups is 4. The van der Waals surface area contributed by atoms with Crippen LogP contribution in [0.1, 0.15) is 63.1 Å². The average Bonchev–Trinajstić information content (AvgIpc) is 3.02. The van der Waals surface area contributed by atoms with Gasteiger partial charge in [-0.3, -0.25) is 14.4 Å². The zero-order chi connectivity index (χ0) is 34.1. The van der Waals surface area contributed by atoms with Crippen LogP contribution in [0.25, 0.3) is 0 Å². The van der Waals surface area contributed by atoms with E-state index >= 15 is 0 Å². The van der Waals surface area contributed by atoms with Crippen LogP contribution in [0, 0.1) is 0 Å². The van der Waals surface area contributed by atoms with E-state index < -0.39 is 35.5 Å². The lowest BCUT2D eigenvalue weighted by molar-refractivity contribution is -0.131. The molecule has 0 aromatic heterocycles. The molecule has 0 unspecified atom stereocenters. The van der Waals surface area contributed by atoms with Crippen molar-refractivity contribution in [1.29, 1.82) is 0 Å². The van der Waals surface area contributed by atoms with E-state index in [1.807, 2.05) is 60.7 Å². The zero-order valence-corrected chi connectivity index (χ0v) is 27.4. The van der Waals surface area contributed by atoms with Gasteiger partial charge < -0.3 is 35.9 Å². The Morgan fingerprint density at radius 2 is 1.36 bits per heavy atom. The molecule has 0 aliphatic heterocycles. The third-order valence-corrected chi connectivity index (χ3v) is 6.75. The Morgan fingerprint density at radius 3 is 1.96 bits per heavy atom. The quantitative estimate of drug-likeness (QED) is 0.148. The molecule has 0 radical (unpaired) electrons. The topological polar surface area (TPSA) is 158 Å². The zero-order valence-electron chi connectivity index (χ0n) is 27.4. The van der Waals surface area contributed by atoms with E-state index in [-0.39, 0.29) is 19.4 Å². The van der Waals surface area contributed by atoms with Gasteiger partial charge in [0.2, 0.25) is 17.7 Å². The number of carbonyl (C=O) groups excluding carboxylic acids is 4. The third-order valence-electron chi connectivity index (χ3n) is 6.75. The van der Waals surface area contributed by atoms with Crippen LogP contribution in [0.3, 0.4) is 0 Å². The van der Waals surface area contributed by atoms with Gasteiger partial charge in [0, 0.05) is 24.7 Å². The summed E-state index contributed by atoms with van der Waals surface area (Å²) in [6, 6.07) is 23.5. The number of rotatable bonds is 18. The van der Waals surface area contributed by atoms with Gasteiger partial charge in [-0.1, -0.05) is 66.7 Å². The lowest BCUT2D eigenvalue weighted by Gasteiger charge is -2.19. The van der Waals surface area contributed by atoms with Gasteiger partial charge >= 0.3 is 6.09 Å². The number of alkyl carbamates (subject to hydrolysis) is 1. The minimum absolute atomic E-state index is 0.101. The molecule has 0 aliphatic carbocycles. The lowest BCUT2D eigenvalue weighted by Crippen LogP contribution is -2.49. The minimum atomic E-state index is -1.13. The number of ether oxygens (including phenoxy) is 3. The first kappa shape index (κ1) is 36.4. The second-order valence-corrected chi connectivity index (χ2v) is 12.1. The lowest BCUT2D eigenvalue weighted by atomic mass is 10.1. The fourth-order valence-electron chi connectivity index (χ4n) is 4.48. The number of primary amides is 1. The summed E-state index contributed by atoms with van der Waals surface area (Å²) in [6.07, 6.45) is 1.15. The Bertz CT molecular complexity index is 1440. The molecule has 11 heteroatoms. The van der Waals surface area contributed by atoms with Crippen LogP contribution in [-0.2, 0) is 38.8 Å². The van der Waals surface area contributed by atoms with Crippen LogP contribution in [0.5, 0.6) is 11.5 Å². The van der Waals surface area contributed by atoms with Crippen LogP contribution in [0.15, 0.2) is 78.9 Å². The maximum atomic E-state index is 13.1. The number of benzene rings is 3. The Balaban J connectivity index is 1.55. The molecule has 11 nitrogen and oxygen atoms in total. The van der Waals surface area contributed by atoms with Gasteiger partial charge in [-0.05, 0) is 57.2 Å². The van der Waals surface area contributed by atoms with E-state index in [9.17, 15) is 19.2 Å². The van der Waals surface area contributed by atoms with Crippen LogP contribution >= 0.6 is 0 Å². The Morgan fingerprint density at radius 1 is 0.766 bits per heavy atom. The molecule has 1 atom stereocenters. The molecule has 0 aliphatic rings. The summed E-state index contributed by atoms with van der Waals surface area (Å²) in [5.74, 6) is -0.652. The molecule has 0 fully saturated rings. The predicted molar refractivity (Wildman–Crippen MR) is 179 cm³/mol. The van der Waals surface area contributed by atoms with E-state index in [1.165, 1.54) is 0 Å². The SMILES string of the molecule is CC(C)(C)OC(=O)NCCCCCNC(=O)[C@H](CC(N)=O)NC(=O)Cc1ccc(OCc2ccccc2)cc1OCc1ccccc1. The van der Waals surface area contributed by atoms with E-state index in [4.69, 9.17) is 19.9 Å². The van der Waals surface area contributed by atoms with Crippen molar-refractivity contribution in [3.63, 3.8) is 0 Å². The predicted octanol–water partition coefficient (Wildman–Crippen LogP) is 4.56. The van der Waals surface area contributed by atoms with Gasteiger partial charge in [0.1, 0.15) is 36.4 Å². The van der Waals surface area contributed by atoms with Crippen molar-refractivity contribution in [3.05, 3.63) is 95.6 Å². The second kappa shape index (κ2) is 18.8. The average molecular weight is 647 g/mol. The highest BCUT2D eigenvalue weighted by atomic mass is 16.6. The fraction of sp³-hybridized carbons (Fsp3) is 0.389. The van der Waals surface area contributed by atoms with E-state index in [0.29, 0.717) is 49.6 Å². The molecule has 0 saturated carbocycles. The summed E-state index contributed by atoms with van der Waals surface area (Å²) in [4.78, 5) is 49.5. The Kier molecular flexibility index (Phi) is 14.6. The molecule has 0 heterocycles. The largest absolute Gasteiger partial charge is 0.489 e. The summed E-state index contributed by atoms with van der Waals surface area (Å²) in [7, 11) is 0. The van der Waals surface area contributed by atoms with Gasteiger partial charge in [0.05, 0.1) is 12.8 Å². The molecule has 252 valence electrons. The first-order valence-corrected chi connectivity index (χ1v) is 15.8. The van der Waals surface area contributed by atoms with Crippen molar-refractivity contribution in [1.82, 2.24) is 16.0 Å². The van der Waals surface area contributed by atoms with Gasteiger partial charge in [-0.15, -0.1) is 0 Å². The number of nitrogens with two attached hydrogens (primary N) is 1. The van der Waals surface area contributed by atoms with Crippen molar-refractivity contribution in [2.75, 3.05) is 13.1 Å². The Labute approximate surface area is 276 Å². The maximum Gasteiger partial charge on any atom is 0.407 e. The van der Waals surface area contributed by atoms with E-state index in [1.54, 1.807) is 39.0 Å². The minimum Gasteiger partial charge on any atom is -0.489 e. The monoisotopic (exact) mass is 646 g/mol. The van der Waals surface area contributed by atoms with Crippen molar-refractivity contribution in [2.24, 2.45) is 5.73 Å². The Hall–Kier alpha value is -5.06. The molecule has 0 bridgehead atoms. The number of amides is 4. The van der Waals surface area contributed by atoms with Crippen molar-refractivity contribution >= 4 is 23.8 Å². The van der Waals surface area contributed by atoms with Gasteiger partial charge in [-0.25, -0.2) is 4.79 Å². The summed E-state index contributed by atoms with van der Waals surface area (Å²) in [5, 5.41) is 8.10. The number of unbranched alkanes of at least 4 members (excludes halogenated alkanes) is 2. The standard InChI is InChI=1S/C36H46N4O7/c1-36(2,3)47-35(44)39-20-12-6-11-19-38-34(43)30(23-32(37)41)40-33(42)21-28-17-18-29(45-24-26-13-7-4-8-14-26)22-31(28)46-25-27-15-9-5-10-16-27/h4-5,7-10,13-18,22,30H,6,11-12,19-21,23-25H2,1-3H3,(H2,37,41)(H,38,43)(H,39,44)(H,40,42)/t30-/m0/s1. The summed E-state index contributed by atoms with van der Waals surface area (Å²) >= 11 is 0. The normalized spacial score (nSPS) is 11.6. The summed E-state index contributed by atoms with van der Waals surface area (Å²) in [5.41, 5.74) is 7.38. The highest BCUT2D eigenvalue weighted by molar-refractivity contribution is 5.92. The number of hydrogen-bond donors (Lipinski definition) is 4. The molecule has 47 heavy (non-hydrogen) atoms. The van der Waals surface area contributed by atoms with Gasteiger partial charge in [0.25, 0.3) is 0 Å². The molecule has 3 rings (SSSR count). The smallest absolute Gasteiger partial charge is 0.407 e. The van der Waals surface area contributed by atoms with Gasteiger partial charge in [-0.2, -0.15) is 0 Å². The van der Waals surface area contributed by atoms with Crippen molar-refractivity contribution < 1.29 is 33.4 Å². The molecule has 4 amide bonds. The first-order valence-electron chi connectivity index (χ1n) is 15.8. The number of nitrogens with one attached hydrogen (secondary N) is 3. The van der Waals surface area contributed by atoms with Crippen molar-refractivity contribution in [3.8, 4) is 11.5 Å². The highest BCUT2D eigenvalue weighted by Gasteiger charge is 2.23. The summed E-state index contributed by atoms with van der Waals surface area (Å²) < 4.78 is 17.3. The molecule has 3 aromatic carbocycles. The summed E-state index contributed by atoms with van der Waals surface area (Å²) in [6.45, 7) is 6.81. The van der Waals surface area contributed by atoms with Crippen LogP contribution < -0.4 is 31.2 Å².